The second kappa shape index (κ2) is 6.12. The first-order valence-electron chi connectivity index (χ1n) is 5.06. The van der Waals surface area contributed by atoms with Gasteiger partial charge in [-0.2, -0.15) is 0 Å². The van der Waals surface area contributed by atoms with Gasteiger partial charge >= 0.3 is 0 Å². The summed E-state index contributed by atoms with van der Waals surface area (Å²) >= 11 is 5.50. The Morgan fingerprint density at radius 2 is 1.94 bits per heavy atom. The van der Waals surface area contributed by atoms with Crippen LogP contribution in [0.5, 0.6) is 11.5 Å². The number of benzene rings is 1. The Labute approximate surface area is 106 Å². The molecule has 0 radical (unpaired) electrons. The molecule has 0 saturated carbocycles. The van der Waals surface area contributed by atoms with Gasteiger partial charge in [0.05, 0.1) is 20.0 Å². The van der Waals surface area contributed by atoms with Crippen LogP contribution in [-0.2, 0) is 9.84 Å². The van der Waals surface area contributed by atoms with Crippen LogP contribution in [0.3, 0.4) is 0 Å². The number of alkyl halides is 1. The lowest BCUT2D eigenvalue weighted by atomic mass is 10.3. The van der Waals surface area contributed by atoms with Crippen LogP contribution in [0.15, 0.2) is 23.1 Å². The number of hydrogen-bond donors (Lipinski definition) is 0. The van der Waals surface area contributed by atoms with Crippen molar-refractivity contribution in [2.24, 2.45) is 0 Å². The van der Waals surface area contributed by atoms with E-state index in [9.17, 15) is 8.42 Å². The molecule has 0 fully saturated rings. The van der Waals surface area contributed by atoms with E-state index in [4.69, 9.17) is 21.1 Å². The molecule has 1 aromatic rings. The Hall–Kier alpha value is -0.940. The monoisotopic (exact) mass is 278 g/mol. The van der Waals surface area contributed by atoms with Crippen LogP contribution in [0.1, 0.15) is 6.42 Å². The summed E-state index contributed by atoms with van der Waals surface area (Å²) in [5.74, 6) is 1.17. The molecule has 0 aromatic heterocycles. The summed E-state index contributed by atoms with van der Waals surface area (Å²) in [4.78, 5) is 0.172. The summed E-state index contributed by atoms with van der Waals surface area (Å²) < 4.78 is 34.1. The number of rotatable bonds is 6. The molecule has 17 heavy (non-hydrogen) atoms. The van der Waals surface area contributed by atoms with E-state index in [2.05, 4.69) is 0 Å². The maximum absolute atomic E-state index is 12.0. The molecule has 0 N–H and O–H groups in total. The van der Waals surface area contributed by atoms with Crippen molar-refractivity contribution in [1.82, 2.24) is 0 Å². The van der Waals surface area contributed by atoms with Crippen molar-refractivity contribution in [2.75, 3.05) is 25.9 Å². The molecule has 96 valence electrons. The molecular weight excluding hydrogens is 264 g/mol. The third-order valence-electron chi connectivity index (χ3n) is 2.25. The van der Waals surface area contributed by atoms with Gasteiger partial charge in [-0.1, -0.05) is 0 Å². The van der Waals surface area contributed by atoms with E-state index in [0.717, 1.165) is 0 Å². The van der Waals surface area contributed by atoms with E-state index in [1.807, 2.05) is 0 Å². The zero-order chi connectivity index (χ0) is 12.9. The Balaban J connectivity index is 3.12. The highest BCUT2D eigenvalue weighted by atomic mass is 35.5. The van der Waals surface area contributed by atoms with Gasteiger partial charge in [0.2, 0.25) is 0 Å². The van der Waals surface area contributed by atoms with Crippen LogP contribution < -0.4 is 9.47 Å². The molecule has 0 bridgehead atoms. The SMILES string of the molecule is COc1ccc(S(=O)(=O)CCCCl)c(OC)c1. The van der Waals surface area contributed by atoms with Crippen molar-refractivity contribution < 1.29 is 17.9 Å². The van der Waals surface area contributed by atoms with E-state index < -0.39 is 9.84 Å². The van der Waals surface area contributed by atoms with E-state index in [0.29, 0.717) is 23.8 Å². The fraction of sp³-hybridized carbons (Fsp3) is 0.455. The van der Waals surface area contributed by atoms with Gasteiger partial charge in [-0.25, -0.2) is 8.42 Å². The lowest BCUT2D eigenvalue weighted by Gasteiger charge is -2.10. The highest BCUT2D eigenvalue weighted by molar-refractivity contribution is 7.91. The molecule has 1 rings (SSSR count). The molecule has 0 amide bonds. The minimum absolute atomic E-state index is 0.0131. The summed E-state index contributed by atoms with van der Waals surface area (Å²) in [5.41, 5.74) is 0. The van der Waals surface area contributed by atoms with Crippen molar-refractivity contribution in [1.29, 1.82) is 0 Å². The summed E-state index contributed by atoms with van der Waals surface area (Å²) in [6.45, 7) is 0. The van der Waals surface area contributed by atoms with Crippen molar-refractivity contribution in [3.63, 3.8) is 0 Å². The van der Waals surface area contributed by atoms with Gasteiger partial charge in [-0.15, -0.1) is 11.6 Å². The molecule has 4 nitrogen and oxygen atoms in total. The normalized spacial score (nSPS) is 11.2. The van der Waals surface area contributed by atoms with Crippen LogP contribution in [-0.4, -0.2) is 34.3 Å². The zero-order valence-electron chi connectivity index (χ0n) is 9.77. The summed E-state index contributed by atoms with van der Waals surface area (Å²) in [6.07, 6.45) is 0.416. The van der Waals surface area contributed by atoms with Gasteiger partial charge in [0, 0.05) is 11.9 Å². The van der Waals surface area contributed by atoms with Crippen molar-refractivity contribution in [2.45, 2.75) is 11.3 Å². The molecule has 0 aliphatic carbocycles. The molecular formula is C11H15ClO4S. The standard InChI is InChI=1S/C11H15ClO4S/c1-15-9-4-5-11(10(8-9)16-2)17(13,14)7-3-6-12/h4-5,8H,3,6-7H2,1-2H3. The number of sulfone groups is 1. The molecule has 6 heteroatoms. The maximum Gasteiger partial charge on any atom is 0.182 e. The first kappa shape index (κ1) is 14.1. The van der Waals surface area contributed by atoms with Crippen molar-refractivity contribution >= 4 is 21.4 Å². The van der Waals surface area contributed by atoms with Gasteiger partial charge in [0.15, 0.2) is 9.84 Å². The molecule has 0 atom stereocenters. The topological polar surface area (TPSA) is 52.6 Å². The van der Waals surface area contributed by atoms with Crippen LogP contribution >= 0.6 is 11.6 Å². The predicted molar refractivity (Wildman–Crippen MR) is 66.9 cm³/mol. The average Bonchev–Trinajstić information content (AvgIpc) is 2.35. The molecule has 1 aromatic carbocycles. The number of hydrogen-bond acceptors (Lipinski definition) is 4. The number of ether oxygens (including phenoxy) is 2. The maximum atomic E-state index is 12.0. The van der Waals surface area contributed by atoms with Crippen LogP contribution in [0.4, 0.5) is 0 Å². The van der Waals surface area contributed by atoms with E-state index in [-0.39, 0.29) is 10.6 Å². The minimum Gasteiger partial charge on any atom is -0.497 e. The second-order valence-electron chi connectivity index (χ2n) is 3.38. The average molecular weight is 279 g/mol. The molecule has 0 aliphatic heterocycles. The largest absolute Gasteiger partial charge is 0.497 e. The Morgan fingerprint density at radius 1 is 1.24 bits per heavy atom. The third-order valence-corrected chi connectivity index (χ3v) is 4.35. The number of halogens is 1. The Morgan fingerprint density at radius 3 is 2.47 bits per heavy atom. The predicted octanol–water partition coefficient (Wildman–Crippen LogP) is 2.11. The highest BCUT2D eigenvalue weighted by Crippen LogP contribution is 2.29. The van der Waals surface area contributed by atoms with Gasteiger partial charge in [-0.05, 0) is 18.6 Å². The smallest absolute Gasteiger partial charge is 0.182 e. The molecule has 0 saturated heterocycles. The van der Waals surface area contributed by atoms with Crippen molar-refractivity contribution in [3.8, 4) is 11.5 Å². The summed E-state index contributed by atoms with van der Waals surface area (Å²) in [7, 11) is -0.419. The van der Waals surface area contributed by atoms with E-state index in [1.165, 1.54) is 20.3 Å². The quantitative estimate of drug-likeness (QED) is 0.748. The van der Waals surface area contributed by atoms with Crippen LogP contribution in [0, 0.1) is 0 Å². The lowest BCUT2D eigenvalue weighted by molar-refractivity contribution is 0.386. The number of methoxy groups -OCH3 is 2. The van der Waals surface area contributed by atoms with Crippen molar-refractivity contribution in [3.05, 3.63) is 18.2 Å². The highest BCUT2D eigenvalue weighted by Gasteiger charge is 2.19. The lowest BCUT2D eigenvalue weighted by Crippen LogP contribution is -2.09. The molecule has 0 unspecified atom stereocenters. The summed E-state index contributed by atoms with van der Waals surface area (Å²) in [5, 5.41) is 0. The van der Waals surface area contributed by atoms with Gasteiger partial charge in [-0.3, -0.25) is 0 Å². The molecule has 0 spiro atoms. The van der Waals surface area contributed by atoms with Gasteiger partial charge in [0.25, 0.3) is 0 Å². The van der Waals surface area contributed by atoms with E-state index in [1.54, 1.807) is 12.1 Å². The van der Waals surface area contributed by atoms with Crippen LogP contribution in [0.2, 0.25) is 0 Å². The first-order chi connectivity index (χ1) is 8.05. The Bertz CT molecular complexity index is 470. The second-order valence-corrected chi connectivity index (χ2v) is 5.83. The third kappa shape index (κ3) is 3.51. The fourth-order valence-corrected chi connectivity index (χ4v) is 3.15. The van der Waals surface area contributed by atoms with Gasteiger partial charge in [0.1, 0.15) is 16.4 Å². The molecule has 0 aliphatic rings. The fourth-order valence-electron chi connectivity index (χ4n) is 1.39. The zero-order valence-corrected chi connectivity index (χ0v) is 11.3. The first-order valence-corrected chi connectivity index (χ1v) is 7.24. The molecule has 0 heterocycles. The minimum atomic E-state index is -3.36. The Kier molecular flexibility index (Phi) is 5.08. The van der Waals surface area contributed by atoms with E-state index >= 15 is 0 Å². The van der Waals surface area contributed by atoms with Crippen LogP contribution in [0.25, 0.3) is 0 Å². The summed E-state index contributed by atoms with van der Waals surface area (Å²) in [6, 6.07) is 4.63. The van der Waals surface area contributed by atoms with Gasteiger partial charge < -0.3 is 9.47 Å².